The van der Waals surface area contributed by atoms with Gasteiger partial charge in [-0.15, -0.1) is 0 Å². The van der Waals surface area contributed by atoms with Crippen LogP contribution in [0.4, 0.5) is 14.5 Å². The van der Waals surface area contributed by atoms with Gasteiger partial charge < -0.3 is 9.88 Å². The van der Waals surface area contributed by atoms with Crippen LogP contribution in [0.15, 0.2) is 42.7 Å². The first-order chi connectivity index (χ1) is 8.16. The zero-order chi connectivity index (χ0) is 12.3. The lowest BCUT2D eigenvalue weighted by Gasteiger charge is -2.07. The number of hydrogen-bond donors (Lipinski definition) is 1. The molecule has 5 heteroatoms. The van der Waals surface area contributed by atoms with Crippen molar-refractivity contribution in [3.63, 3.8) is 0 Å². The highest BCUT2D eigenvalue weighted by atomic mass is 19.1. The average Bonchev–Trinajstić information content (AvgIpc) is 2.76. The highest BCUT2D eigenvalue weighted by Gasteiger charge is 2.11. The standard InChI is InChI=1S/C12H10F2N2O/c13-9-4-3-5-10(14)12(9)15-11(17)8-16-6-1-2-7-16/h1-7H,8H2,(H,15,17). The zero-order valence-corrected chi connectivity index (χ0v) is 8.86. The molecule has 17 heavy (non-hydrogen) atoms. The molecule has 1 aromatic heterocycles. The second-order valence-electron chi connectivity index (χ2n) is 3.50. The summed E-state index contributed by atoms with van der Waals surface area (Å²) in [6.45, 7) is 0.0147. The number of carbonyl (C=O) groups excluding carboxylic acids is 1. The highest BCUT2D eigenvalue weighted by Crippen LogP contribution is 2.17. The summed E-state index contributed by atoms with van der Waals surface area (Å²) in [6.07, 6.45) is 3.38. The molecule has 3 nitrogen and oxygen atoms in total. The predicted molar refractivity (Wildman–Crippen MR) is 59.4 cm³/mol. The molecule has 0 unspecified atom stereocenters. The summed E-state index contributed by atoms with van der Waals surface area (Å²) in [4.78, 5) is 11.5. The molecule has 2 aromatic rings. The van der Waals surface area contributed by atoms with Gasteiger partial charge in [0.1, 0.15) is 23.9 Å². The van der Waals surface area contributed by atoms with E-state index < -0.39 is 23.2 Å². The monoisotopic (exact) mass is 236 g/mol. The SMILES string of the molecule is O=C(Cn1cccc1)Nc1c(F)cccc1F. The largest absolute Gasteiger partial charge is 0.345 e. The van der Waals surface area contributed by atoms with Gasteiger partial charge in [-0.1, -0.05) is 6.07 Å². The normalized spacial score (nSPS) is 10.2. The molecule has 0 bridgehead atoms. The Bertz CT molecular complexity index is 503. The van der Waals surface area contributed by atoms with Gasteiger partial charge in [0.05, 0.1) is 0 Å². The van der Waals surface area contributed by atoms with E-state index in [1.807, 2.05) is 0 Å². The van der Waals surface area contributed by atoms with Gasteiger partial charge in [0, 0.05) is 12.4 Å². The number of nitrogens with one attached hydrogen (secondary N) is 1. The van der Waals surface area contributed by atoms with Crippen molar-refractivity contribution in [2.75, 3.05) is 5.32 Å². The Balaban J connectivity index is 2.08. The molecule has 0 fully saturated rings. The highest BCUT2D eigenvalue weighted by molar-refractivity contribution is 5.90. The molecule has 1 N–H and O–H groups in total. The number of benzene rings is 1. The number of para-hydroxylation sites is 1. The third-order valence-corrected chi connectivity index (χ3v) is 2.22. The molecule has 0 aliphatic rings. The molecule has 0 atom stereocenters. The molecule has 1 aromatic carbocycles. The van der Waals surface area contributed by atoms with Crippen molar-refractivity contribution >= 4 is 11.6 Å². The molecule has 1 heterocycles. The van der Waals surface area contributed by atoms with Crippen LogP contribution in [0.5, 0.6) is 0 Å². The smallest absolute Gasteiger partial charge is 0.244 e. The molecular weight excluding hydrogens is 226 g/mol. The van der Waals surface area contributed by atoms with Crippen LogP contribution >= 0.6 is 0 Å². The molecule has 0 aliphatic carbocycles. The van der Waals surface area contributed by atoms with E-state index in [2.05, 4.69) is 5.32 Å². The molecular formula is C12H10F2N2O. The van der Waals surface area contributed by atoms with Crippen LogP contribution in [0.25, 0.3) is 0 Å². The molecule has 0 aliphatic heterocycles. The first kappa shape index (κ1) is 11.3. The summed E-state index contributed by atoms with van der Waals surface area (Å²) in [5.41, 5.74) is -0.412. The summed E-state index contributed by atoms with van der Waals surface area (Å²) < 4.78 is 28.1. The van der Waals surface area contributed by atoms with E-state index >= 15 is 0 Å². The number of halogens is 2. The van der Waals surface area contributed by atoms with Gasteiger partial charge in [0.2, 0.25) is 5.91 Å². The minimum Gasteiger partial charge on any atom is -0.345 e. The second-order valence-corrected chi connectivity index (χ2v) is 3.50. The lowest BCUT2D eigenvalue weighted by atomic mass is 10.3. The van der Waals surface area contributed by atoms with Gasteiger partial charge in [-0.2, -0.15) is 0 Å². The van der Waals surface area contributed by atoms with Crippen molar-refractivity contribution in [1.29, 1.82) is 0 Å². The Labute approximate surface area is 96.7 Å². The lowest BCUT2D eigenvalue weighted by Crippen LogP contribution is -2.19. The van der Waals surface area contributed by atoms with Gasteiger partial charge in [0.15, 0.2) is 0 Å². The van der Waals surface area contributed by atoms with Gasteiger partial charge in [-0.25, -0.2) is 8.78 Å². The van der Waals surface area contributed by atoms with Crippen molar-refractivity contribution < 1.29 is 13.6 Å². The van der Waals surface area contributed by atoms with Crippen molar-refractivity contribution in [1.82, 2.24) is 4.57 Å². The summed E-state index contributed by atoms with van der Waals surface area (Å²) in [6, 6.07) is 6.95. The van der Waals surface area contributed by atoms with E-state index in [4.69, 9.17) is 0 Å². The number of rotatable bonds is 3. The van der Waals surface area contributed by atoms with Crippen LogP contribution in [0, 0.1) is 11.6 Å². The number of carbonyl (C=O) groups is 1. The molecule has 1 amide bonds. The van der Waals surface area contributed by atoms with E-state index in [-0.39, 0.29) is 6.54 Å². The number of anilines is 1. The van der Waals surface area contributed by atoms with Crippen molar-refractivity contribution in [2.24, 2.45) is 0 Å². The molecule has 0 saturated carbocycles. The Morgan fingerprint density at radius 2 is 1.71 bits per heavy atom. The van der Waals surface area contributed by atoms with Crippen LogP contribution in [-0.2, 0) is 11.3 Å². The number of amides is 1. The van der Waals surface area contributed by atoms with Gasteiger partial charge in [-0.05, 0) is 24.3 Å². The molecule has 0 radical (unpaired) electrons. The van der Waals surface area contributed by atoms with E-state index in [0.29, 0.717) is 0 Å². The maximum Gasteiger partial charge on any atom is 0.244 e. The van der Waals surface area contributed by atoms with Crippen LogP contribution in [0.3, 0.4) is 0 Å². The Morgan fingerprint density at radius 3 is 2.29 bits per heavy atom. The van der Waals surface area contributed by atoms with E-state index in [0.717, 1.165) is 12.1 Å². The number of hydrogen-bond acceptors (Lipinski definition) is 1. The third kappa shape index (κ3) is 2.69. The van der Waals surface area contributed by atoms with Crippen molar-refractivity contribution in [2.45, 2.75) is 6.54 Å². The molecule has 88 valence electrons. The second kappa shape index (κ2) is 4.78. The first-order valence-electron chi connectivity index (χ1n) is 5.01. The maximum atomic E-state index is 13.2. The fourth-order valence-electron chi connectivity index (χ4n) is 1.44. The maximum absolute atomic E-state index is 13.2. The summed E-state index contributed by atoms with van der Waals surface area (Å²) in [5.74, 6) is -2.05. The minimum absolute atomic E-state index is 0.0147. The van der Waals surface area contributed by atoms with Crippen LogP contribution in [0.1, 0.15) is 0 Å². The van der Waals surface area contributed by atoms with Crippen molar-refractivity contribution in [3.8, 4) is 0 Å². The van der Waals surface area contributed by atoms with E-state index in [1.54, 1.807) is 29.1 Å². The Kier molecular flexibility index (Phi) is 3.18. The third-order valence-electron chi connectivity index (χ3n) is 2.22. The summed E-state index contributed by atoms with van der Waals surface area (Å²) in [7, 11) is 0. The average molecular weight is 236 g/mol. The molecule has 2 rings (SSSR count). The van der Waals surface area contributed by atoms with Gasteiger partial charge in [-0.3, -0.25) is 4.79 Å². The van der Waals surface area contributed by atoms with E-state index in [9.17, 15) is 13.6 Å². The van der Waals surface area contributed by atoms with Crippen molar-refractivity contribution in [3.05, 3.63) is 54.4 Å². The fourth-order valence-corrected chi connectivity index (χ4v) is 1.44. The fraction of sp³-hybridized carbons (Fsp3) is 0.0833. The topological polar surface area (TPSA) is 34.0 Å². The Hall–Kier alpha value is -2.17. The predicted octanol–water partition coefficient (Wildman–Crippen LogP) is 2.41. The first-order valence-corrected chi connectivity index (χ1v) is 5.01. The zero-order valence-electron chi connectivity index (χ0n) is 8.86. The minimum atomic E-state index is -0.786. The molecule has 0 saturated heterocycles. The number of aromatic nitrogens is 1. The molecule has 0 spiro atoms. The number of nitrogens with zero attached hydrogens (tertiary/aromatic N) is 1. The Morgan fingerprint density at radius 1 is 1.12 bits per heavy atom. The van der Waals surface area contributed by atoms with Crippen LogP contribution < -0.4 is 5.32 Å². The summed E-state index contributed by atoms with van der Waals surface area (Å²) in [5, 5.41) is 2.21. The van der Waals surface area contributed by atoms with E-state index in [1.165, 1.54) is 6.07 Å². The quantitative estimate of drug-likeness (QED) is 0.872. The lowest BCUT2D eigenvalue weighted by molar-refractivity contribution is -0.116. The van der Waals surface area contributed by atoms with Crippen LogP contribution in [-0.4, -0.2) is 10.5 Å². The van der Waals surface area contributed by atoms with Gasteiger partial charge in [0.25, 0.3) is 0 Å². The van der Waals surface area contributed by atoms with Crippen LogP contribution in [0.2, 0.25) is 0 Å². The van der Waals surface area contributed by atoms with Gasteiger partial charge >= 0.3 is 0 Å². The summed E-state index contributed by atoms with van der Waals surface area (Å²) >= 11 is 0.